The lowest BCUT2D eigenvalue weighted by molar-refractivity contribution is 0.0496. The predicted octanol–water partition coefficient (Wildman–Crippen LogP) is 7.70. The lowest BCUT2D eigenvalue weighted by Crippen LogP contribution is -2.07. The molecule has 0 aliphatic rings. The van der Waals surface area contributed by atoms with E-state index in [1.807, 2.05) is 18.2 Å². The van der Waals surface area contributed by atoms with Crippen molar-refractivity contribution >= 4 is 21.9 Å². The number of halogens is 1. The molecule has 1 aromatic carbocycles. The van der Waals surface area contributed by atoms with Gasteiger partial charge < -0.3 is 4.74 Å². The van der Waals surface area contributed by atoms with Crippen molar-refractivity contribution in [2.75, 3.05) is 6.61 Å². The number of ether oxygens (including phenoxy) is 1. The third-order valence-corrected chi connectivity index (χ3v) is 5.27. The summed E-state index contributed by atoms with van der Waals surface area (Å²) in [4.78, 5) is 11.9. The zero-order chi connectivity index (χ0) is 18.2. The summed E-state index contributed by atoms with van der Waals surface area (Å²) in [5.41, 5.74) is 0.609. The molecule has 3 heteroatoms. The summed E-state index contributed by atoms with van der Waals surface area (Å²) >= 11 is 3.38. The maximum Gasteiger partial charge on any atom is 0.339 e. The van der Waals surface area contributed by atoms with Gasteiger partial charge >= 0.3 is 5.97 Å². The van der Waals surface area contributed by atoms with Crippen LogP contribution in [0.5, 0.6) is 0 Å². The van der Waals surface area contributed by atoms with Crippen LogP contribution in [0.4, 0.5) is 0 Å². The van der Waals surface area contributed by atoms with Gasteiger partial charge in [0.15, 0.2) is 0 Å². The summed E-state index contributed by atoms with van der Waals surface area (Å²) in [6.45, 7) is 2.80. The zero-order valence-corrected chi connectivity index (χ0v) is 17.5. The first-order chi connectivity index (χ1) is 12.3. The molecule has 0 fully saturated rings. The number of carbonyl (C=O) groups is 1. The largest absolute Gasteiger partial charge is 0.462 e. The van der Waals surface area contributed by atoms with E-state index in [1.165, 1.54) is 70.6 Å². The van der Waals surface area contributed by atoms with E-state index >= 15 is 0 Å². The van der Waals surface area contributed by atoms with E-state index in [4.69, 9.17) is 4.74 Å². The first kappa shape index (κ1) is 22.2. The molecular weight excluding hydrogens is 376 g/mol. The Morgan fingerprint density at radius 2 is 1.28 bits per heavy atom. The summed E-state index contributed by atoms with van der Waals surface area (Å²) in [6.07, 6.45) is 17.2. The predicted molar refractivity (Wildman–Crippen MR) is 110 cm³/mol. The molecule has 142 valence electrons. The van der Waals surface area contributed by atoms with Gasteiger partial charge in [0.1, 0.15) is 0 Å². The minimum absolute atomic E-state index is 0.230. The lowest BCUT2D eigenvalue weighted by atomic mass is 10.0. The smallest absolute Gasteiger partial charge is 0.339 e. The fourth-order valence-corrected chi connectivity index (χ4v) is 3.44. The first-order valence-electron chi connectivity index (χ1n) is 10.2. The SMILES string of the molecule is CCCCCCCCCCCCCCCOC(=O)c1ccccc1Br. The van der Waals surface area contributed by atoms with Gasteiger partial charge in [0.2, 0.25) is 0 Å². The minimum atomic E-state index is -0.230. The number of rotatable bonds is 15. The molecule has 0 atom stereocenters. The average molecular weight is 411 g/mol. The molecule has 0 amide bonds. The first-order valence-corrected chi connectivity index (χ1v) is 11.0. The van der Waals surface area contributed by atoms with Gasteiger partial charge in [0.05, 0.1) is 12.2 Å². The Labute approximate surface area is 162 Å². The summed E-state index contributed by atoms with van der Waals surface area (Å²) in [7, 11) is 0. The summed E-state index contributed by atoms with van der Waals surface area (Å²) < 4.78 is 6.14. The average Bonchev–Trinajstić information content (AvgIpc) is 2.62. The molecule has 0 aliphatic heterocycles. The Morgan fingerprint density at radius 1 is 0.800 bits per heavy atom. The molecule has 2 nitrogen and oxygen atoms in total. The summed E-state index contributed by atoms with van der Waals surface area (Å²) in [5, 5.41) is 0. The van der Waals surface area contributed by atoms with Crippen LogP contribution in [-0.2, 0) is 4.74 Å². The van der Waals surface area contributed by atoms with Crippen LogP contribution in [0.3, 0.4) is 0 Å². The van der Waals surface area contributed by atoms with Gasteiger partial charge in [-0.25, -0.2) is 4.79 Å². The molecule has 0 bridgehead atoms. The second-order valence-corrected chi connectivity index (χ2v) is 7.71. The number of benzene rings is 1. The third kappa shape index (κ3) is 11.4. The standard InChI is InChI=1S/C22H35BrO2/c1-2-3-4-5-6-7-8-9-10-11-12-13-16-19-25-22(24)20-17-14-15-18-21(20)23/h14-15,17-18H,2-13,16,19H2,1H3. The van der Waals surface area contributed by atoms with Gasteiger partial charge in [-0.15, -0.1) is 0 Å². The molecule has 0 unspecified atom stereocenters. The van der Waals surface area contributed by atoms with Crippen LogP contribution < -0.4 is 0 Å². The van der Waals surface area contributed by atoms with Gasteiger partial charge in [-0.3, -0.25) is 0 Å². The Morgan fingerprint density at radius 3 is 1.80 bits per heavy atom. The summed E-state index contributed by atoms with van der Waals surface area (Å²) in [6, 6.07) is 7.40. The molecule has 0 heterocycles. The Bertz CT molecular complexity index is 459. The highest BCUT2D eigenvalue weighted by atomic mass is 79.9. The van der Waals surface area contributed by atoms with Gasteiger partial charge in [-0.1, -0.05) is 96.1 Å². The Hall–Kier alpha value is -0.830. The molecule has 1 rings (SSSR count). The van der Waals surface area contributed by atoms with Crippen molar-refractivity contribution in [3.63, 3.8) is 0 Å². The van der Waals surface area contributed by atoms with Crippen LogP contribution in [0.25, 0.3) is 0 Å². The van der Waals surface area contributed by atoms with E-state index in [2.05, 4.69) is 22.9 Å². The van der Waals surface area contributed by atoms with Crippen LogP contribution >= 0.6 is 15.9 Å². The Balaban J connectivity index is 1.86. The maximum absolute atomic E-state index is 11.9. The van der Waals surface area contributed by atoms with Gasteiger partial charge in [-0.2, -0.15) is 0 Å². The van der Waals surface area contributed by atoms with Crippen molar-refractivity contribution in [3.8, 4) is 0 Å². The monoisotopic (exact) mass is 410 g/mol. The molecule has 0 saturated heterocycles. The topological polar surface area (TPSA) is 26.3 Å². The van der Waals surface area contributed by atoms with Crippen LogP contribution in [0.1, 0.15) is 101 Å². The number of esters is 1. The van der Waals surface area contributed by atoms with Crippen LogP contribution in [0.2, 0.25) is 0 Å². The van der Waals surface area contributed by atoms with Crippen molar-refractivity contribution in [2.24, 2.45) is 0 Å². The molecule has 1 aromatic rings. The van der Waals surface area contributed by atoms with Crippen molar-refractivity contribution < 1.29 is 9.53 Å². The molecule has 0 saturated carbocycles. The highest BCUT2D eigenvalue weighted by Crippen LogP contribution is 2.17. The molecule has 0 spiro atoms. The third-order valence-electron chi connectivity index (χ3n) is 4.57. The van der Waals surface area contributed by atoms with Gasteiger partial charge in [-0.05, 0) is 34.5 Å². The second kappa shape index (κ2) is 15.4. The van der Waals surface area contributed by atoms with Gasteiger partial charge in [0.25, 0.3) is 0 Å². The Kier molecular flexibility index (Phi) is 13.7. The van der Waals surface area contributed by atoms with Crippen molar-refractivity contribution in [1.82, 2.24) is 0 Å². The van der Waals surface area contributed by atoms with Crippen molar-refractivity contribution in [3.05, 3.63) is 34.3 Å². The van der Waals surface area contributed by atoms with E-state index in [0.717, 1.165) is 17.3 Å². The number of unbranched alkanes of at least 4 members (excludes halogenated alkanes) is 12. The van der Waals surface area contributed by atoms with Crippen molar-refractivity contribution in [2.45, 2.75) is 90.4 Å². The van der Waals surface area contributed by atoms with Gasteiger partial charge in [0, 0.05) is 4.47 Å². The molecule has 0 aromatic heterocycles. The van der Waals surface area contributed by atoms with Crippen LogP contribution in [0, 0.1) is 0 Å². The van der Waals surface area contributed by atoms with E-state index in [0.29, 0.717) is 12.2 Å². The van der Waals surface area contributed by atoms with Crippen LogP contribution in [-0.4, -0.2) is 12.6 Å². The fourth-order valence-electron chi connectivity index (χ4n) is 2.99. The number of carbonyl (C=O) groups excluding carboxylic acids is 1. The molecular formula is C22H35BrO2. The van der Waals surface area contributed by atoms with E-state index in [-0.39, 0.29) is 5.97 Å². The van der Waals surface area contributed by atoms with Crippen molar-refractivity contribution in [1.29, 1.82) is 0 Å². The van der Waals surface area contributed by atoms with E-state index < -0.39 is 0 Å². The van der Waals surface area contributed by atoms with E-state index in [9.17, 15) is 4.79 Å². The highest BCUT2D eigenvalue weighted by molar-refractivity contribution is 9.10. The molecule has 0 radical (unpaired) electrons. The number of hydrogen-bond acceptors (Lipinski definition) is 2. The zero-order valence-electron chi connectivity index (χ0n) is 15.9. The summed E-state index contributed by atoms with van der Waals surface area (Å²) in [5.74, 6) is -0.230. The van der Waals surface area contributed by atoms with E-state index in [1.54, 1.807) is 6.07 Å². The number of hydrogen-bond donors (Lipinski definition) is 0. The minimum Gasteiger partial charge on any atom is -0.462 e. The highest BCUT2D eigenvalue weighted by Gasteiger charge is 2.09. The normalized spacial score (nSPS) is 10.8. The quantitative estimate of drug-likeness (QED) is 0.218. The molecule has 25 heavy (non-hydrogen) atoms. The maximum atomic E-state index is 11.9. The molecule has 0 aliphatic carbocycles. The lowest BCUT2D eigenvalue weighted by Gasteiger charge is -2.06. The van der Waals surface area contributed by atoms with Crippen LogP contribution in [0.15, 0.2) is 28.7 Å². The second-order valence-electron chi connectivity index (χ2n) is 6.86. The molecule has 0 N–H and O–H groups in total. The fraction of sp³-hybridized carbons (Fsp3) is 0.682.